The van der Waals surface area contributed by atoms with Gasteiger partial charge < -0.3 is 4.90 Å². The lowest BCUT2D eigenvalue weighted by molar-refractivity contribution is 0.434. The fourth-order valence-corrected chi connectivity index (χ4v) is 4.14. The Labute approximate surface area is 149 Å². The van der Waals surface area contributed by atoms with E-state index in [-0.39, 0.29) is 5.75 Å². The third-order valence-corrected chi connectivity index (χ3v) is 5.68. The second-order valence-electron chi connectivity index (χ2n) is 6.79. The second-order valence-corrected chi connectivity index (χ2v) is 8.51. The van der Waals surface area contributed by atoms with Crippen molar-refractivity contribution in [3.8, 4) is 0 Å². The summed E-state index contributed by atoms with van der Waals surface area (Å²) in [5.74, 6) is 1.33. The van der Waals surface area contributed by atoms with Crippen LogP contribution < -0.4 is 9.62 Å². The monoisotopic (exact) mass is 360 g/mol. The molecule has 25 heavy (non-hydrogen) atoms. The summed E-state index contributed by atoms with van der Waals surface area (Å²) in [6, 6.07) is 7.48. The zero-order valence-electron chi connectivity index (χ0n) is 14.6. The van der Waals surface area contributed by atoms with Gasteiger partial charge in [-0.1, -0.05) is 36.8 Å². The van der Waals surface area contributed by atoms with E-state index in [4.69, 9.17) is 0 Å². The smallest absolute Gasteiger partial charge is 0.237 e. The van der Waals surface area contributed by atoms with Crippen molar-refractivity contribution in [2.24, 2.45) is 5.92 Å². The van der Waals surface area contributed by atoms with E-state index in [1.807, 2.05) is 31.2 Å². The Bertz CT molecular complexity index is 813. The number of aromatic nitrogens is 2. The number of anilines is 2. The van der Waals surface area contributed by atoms with E-state index in [1.54, 1.807) is 0 Å². The van der Waals surface area contributed by atoms with Crippen LogP contribution in [0.2, 0.25) is 0 Å². The molecule has 1 saturated heterocycles. The molecule has 0 saturated carbocycles. The first kappa shape index (κ1) is 17.7. The molecule has 1 aliphatic rings. The number of rotatable bonds is 5. The molecule has 3 rings (SSSR count). The fourth-order valence-electron chi connectivity index (χ4n) is 2.98. The zero-order chi connectivity index (χ0) is 17.9. The quantitative estimate of drug-likeness (QED) is 0.887. The van der Waals surface area contributed by atoms with Gasteiger partial charge in [-0.15, -0.1) is 0 Å². The van der Waals surface area contributed by atoms with Gasteiger partial charge in [0.05, 0.1) is 23.8 Å². The minimum Gasteiger partial charge on any atom is -0.341 e. The topological polar surface area (TPSA) is 75.2 Å². The van der Waals surface area contributed by atoms with Gasteiger partial charge in [0.1, 0.15) is 0 Å². The molecule has 0 amide bonds. The maximum atomic E-state index is 12.3. The van der Waals surface area contributed by atoms with Crippen molar-refractivity contribution in [3.63, 3.8) is 0 Å². The van der Waals surface area contributed by atoms with Crippen LogP contribution in [0.5, 0.6) is 0 Å². The summed E-state index contributed by atoms with van der Waals surface area (Å²) in [6.07, 6.45) is 5.34. The Morgan fingerprint density at radius 2 is 1.88 bits per heavy atom. The summed E-state index contributed by atoms with van der Waals surface area (Å²) in [6.45, 7) is 6.08. The highest BCUT2D eigenvalue weighted by Crippen LogP contribution is 2.20. The molecule has 7 heteroatoms. The number of aryl methyl sites for hydroxylation is 1. The first-order valence-electron chi connectivity index (χ1n) is 8.54. The molecule has 2 heterocycles. The third kappa shape index (κ3) is 4.92. The van der Waals surface area contributed by atoms with Crippen LogP contribution in [0, 0.1) is 12.8 Å². The van der Waals surface area contributed by atoms with Crippen LogP contribution in [0.1, 0.15) is 30.9 Å². The van der Waals surface area contributed by atoms with Crippen molar-refractivity contribution in [2.75, 3.05) is 22.7 Å². The molecule has 0 atom stereocenters. The lowest BCUT2D eigenvalue weighted by Gasteiger charge is -2.30. The standard InChI is InChI=1S/C18H24N4O2S/c1-14-6-8-22(9-7-14)18-19-11-17(12-20-18)21-25(23,24)13-16-5-3-4-15(2)10-16/h3-5,10-12,14,21H,6-9,13H2,1-2H3. The highest BCUT2D eigenvalue weighted by molar-refractivity contribution is 7.91. The number of piperidine rings is 1. The van der Waals surface area contributed by atoms with Gasteiger partial charge >= 0.3 is 0 Å². The van der Waals surface area contributed by atoms with Crippen molar-refractivity contribution in [2.45, 2.75) is 32.4 Å². The number of hydrogen-bond acceptors (Lipinski definition) is 5. The van der Waals surface area contributed by atoms with Crippen LogP contribution in [0.3, 0.4) is 0 Å². The number of nitrogens with zero attached hydrogens (tertiary/aromatic N) is 3. The Morgan fingerprint density at radius 1 is 1.20 bits per heavy atom. The first-order valence-corrected chi connectivity index (χ1v) is 10.2. The molecule has 1 aromatic carbocycles. The first-order chi connectivity index (χ1) is 11.9. The summed E-state index contributed by atoms with van der Waals surface area (Å²) in [4.78, 5) is 10.8. The Hall–Kier alpha value is -2.15. The van der Waals surface area contributed by atoms with E-state index in [0.29, 0.717) is 11.6 Å². The molecule has 0 bridgehead atoms. The highest BCUT2D eigenvalue weighted by atomic mass is 32.2. The van der Waals surface area contributed by atoms with Gasteiger partial charge in [0.2, 0.25) is 16.0 Å². The molecule has 1 aliphatic heterocycles. The van der Waals surface area contributed by atoms with Crippen molar-refractivity contribution < 1.29 is 8.42 Å². The molecule has 134 valence electrons. The van der Waals surface area contributed by atoms with E-state index in [9.17, 15) is 8.42 Å². The summed E-state index contributed by atoms with van der Waals surface area (Å²) in [7, 11) is -3.49. The second kappa shape index (κ2) is 7.39. The van der Waals surface area contributed by atoms with E-state index >= 15 is 0 Å². The summed E-state index contributed by atoms with van der Waals surface area (Å²) >= 11 is 0. The molecule has 0 radical (unpaired) electrons. The molecule has 2 aromatic rings. The highest BCUT2D eigenvalue weighted by Gasteiger charge is 2.18. The number of sulfonamides is 1. The fraction of sp³-hybridized carbons (Fsp3) is 0.444. The molecule has 1 fully saturated rings. The minimum absolute atomic E-state index is 0.0690. The number of benzene rings is 1. The number of nitrogens with one attached hydrogen (secondary N) is 1. The van der Waals surface area contributed by atoms with Crippen molar-refractivity contribution >= 4 is 21.7 Å². The average Bonchev–Trinajstić information content (AvgIpc) is 2.55. The zero-order valence-corrected chi connectivity index (χ0v) is 15.5. The Morgan fingerprint density at radius 3 is 2.52 bits per heavy atom. The van der Waals surface area contributed by atoms with Crippen LogP contribution in [0.25, 0.3) is 0 Å². The van der Waals surface area contributed by atoms with Crippen LogP contribution >= 0.6 is 0 Å². The van der Waals surface area contributed by atoms with Crippen molar-refractivity contribution in [1.82, 2.24) is 9.97 Å². The van der Waals surface area contributed by atoms with Crippen LogP contribution in [-0.4, -0.2) is 31.5 Å². The molecule has 1 N–H and O–H groups in total. The largest absolute Gasteiger partial charge is 0.341 e. The van der Waals surface area contributed by atoms with E-state index in [0.717, 1.165) is 43.0 Å². The molecular weight excluding hydrogens is 336 g/mol. The van der Waals surface area contributed by atoms with E-state index in [2.05, 4.69) is 26.5 Å². The molecular formula is C18H24N4O2S. The molecule has 1 aromatic heterocycles. The number of hydrogen-bond donors (Lipinski definition) is 1. The molecule has 0 aliphatic carbocycles. The predicted octanol–water partition coefficient (Wildman–Crippen LogP) is 2.96. The lowest BCUT2D eigenvalue weighted by Crippen LogP contribution is -2.34. The average molecular weight is 360 g/mol. The van der Waals surface area contributed by atoms with E-state index < -0.39 is 10.0 Å². The lowest BCUT2D eigenvalue weighted by atomic mass is 10.00. The van der Waals surface area contributed by atoms with Gasteiger partial charge in [0.15, 0.2) is 0 Å². The maximum Gasteiger partial charge on any atom is 0.237 e. The van der Waals surface area contributed by atoms with Gasteiger partial charge in [-0.05, 0) is 31.2 Å². The summed E-state index contributed by atoms with van der Waals surface area (Å²) < 4.78 is 27.2. The maximum absolute atomic E-state index is 12.3. The van der Waals surface area contributed by atoms with Gasteiger partial charge in [-0.3, -0.25) is 4.72 Å². The van der Waals surface area contributed by atoms with E-state index in [1.165, 1.54) is 12.4 Å². The summed E-state index contributed by atoms with van der Waals surface area (Å²) in [5.41, 5.74) is 2.19. The molecule has 6 nitrogen and oxygen atoms in total. The van der Waals surface area contributed by atoms with Gasteiger partial charge in [-0.25, -0.2) is 18.4 Å². The molecule has 0 unspecified atom stereocenters. The van der Waals surface area contributed by atoms with Crippen LogP contribution in [0.4, 0.5) is 11.6 Å². The third-order valence-electron chi connectivity index (χ3n) is 4.42. The van der Waals surface area contributed by atoms with Crippen LogP contribution in [-0.2, 0) is 15.8 Å². The molecule has 0 spiro atoms. The minimum atomic E-state index is -3.49. The van der Waals surface area contributed by atoms with Gasteiger partial charge in [-0.2, -0.15) is 0 Å². The normalized spacial score (nSPS) is 16.0. The Kier molecular flexibility index (Phi) is 5.22. The van der Waals surface area contributed by atoms with Gasteiger partial charge in [0.25, 0.3) is 0 Å². The van der Waals surface area contributed by atoms with Crippen molar-refractivity contribution in [1.29, 1.82) is 0 Å². The van der Waals surface area contributed by atoms with Crippen molar-refractivity contribution in [3.05, 3.63) is 47.8 Å². The van der Waals surface area contributed by atoms with Crippen LogP contribution in [0.15, 0.2) is 36.7 Å². The van der Waals surface area contributed by atoms with Gasteiger partial charge in [0, 0.05) is 13.1 Å². The Balaban J connectivity index is 1.64. The predicted molar refractivity (Wildman–Crippen MR) is 100 cm³/mol. The SMILES string of the molecule is Cc1cccc(CS(=O)(=O)Nc2cnc(N3CCC(C)CC3)nc2)c1. The summed E-state index contributed by atoms with van der Waals surface area (Å²) in [5, 5.41) is 0.